The molecular weight excluding hydrogens is 1080 g/mol. The molecule has 11 rings (SSSR count). The van der Waals surface area contributed by atoms with Crippen LogP contribution >= 0.6 is 0 Å². The van der Waals surface area contributed by atoms with Crippen LogP contribution in [0.4, 0.5) is 15.8 Å². The summed E-state index contributed by atoms with van der Waals surface area (Å²) in [5.74, 6) is 1.05. The molecule has 0 aliphatic carbocycles. The number of likely N-dealkylation sites (N-methyl/N-ethyl adjacent to an activating group) is 2. The molecule has 86 heavy (non-hydrogen) atoms. The first-order valence-corrected chi connectivity index (χ1v) is 28.3. The maximum absolute atomic E-state index is 13.1. The molecule has 2 amide bonds. The molecule has 2 N–H and O–H groups in total. The molecule has 0 bridgehead atoms. The number of halogens is 1. The zero-order chi connectivity index (χ0) is 61.0. The monoisotopic (exact) mass is 1160 g/mol. The Morgan fingerprint density at radius 1 is 0.547 bits per heavy atom. The Bertz CT molecular complexity index is 3640. The van der Waals surface area contributed by atoms with Crippen molar-refractivity contribution in [2.45, 2.75) is 61.5 Å². The van der Waals surface area contributed by atoms with Gasteiger partial charge in [-0.05, 0) is 158 Å². The molecule has 0 atom stereocenters. The van der Waals surface area contributed by atoms with Crippen molar-refractivity contribution < 1.29 is 20.1 Å². The molecule has 4 aromatic carbocycles. The lowest BCUT2D eigenvalue weighted by molar-refractivity contribution is 0.101. The second-order valence-electron chi connectivity index (χ2n) is 21.5. The fraction of sp³-hybridized carbons (Fsp3) is 0.304. The number of rotatable bonds is 16. The van der Waals surface area contributed by atoms with Crippen molar-refractivity contribution in [1.82, 2.24) is 49.5 Å². The molecule has 0 spiro atoms. The number of allylic oxidation sites excluding steroid dienone is 1. The number of ketones is 1. The van der Waals surface area contributed by atoms with E-state index in [0.29, 0.717) is 60.6 Å². The minimum absolute atomic E-state index is 0. The normalized spacial score (nSPS) is 14.3. The van der Waals surface area contributed by atoms with Gasteiger partial charge in [0.05, 0.1) is 25.1 Å². The highest BCUT2D eigenvalue weighted by Gasteiger charge is 2.18. The van der Waals surface area contributed by atoms with Gasteiger partial charge in [0.15, 0.2) is 5.78 Å². The fourth-order valence-electron chi connectivity index (χ4n) is 10.0. The predicted octanol–water partition coefficient (Wildman–Crippen LogP) is 11.4. The second-order valence-corrected chi connectivity index (χ2v) is 21.5. The van der Waals surface area contributed by atoms with E-state index >= 15 is 0 Å². The number of amides is 2. The second kappa shape index (κ2) is 31.3. The first-order chi connectivity index (χ1) is 41.8. The number of piperazine rings is 2. The largest absolute Gasteiger partial charge is 0.322 e. The van der Waals surface area contributed by atoms with Gasteiger partial charge in [0, 0.05) is 162 Å². The van der Waals surface area contributed by atoms with Crippen molar-refractivity contribution in [3.05, 3.63) is 220 Å². The number of nitrogens with one attached hydrogen (secondary N) is 2. The van der Waals surface area contributed by atoms with Crippen molar-refractivity contribution in [2.24, 2.45) is 4.99 Å². The van der Waals surface area contributed by atoms with Crippen LogP contribution in [0, 0.1) is 13.8 Å². The van der Waals surface area contributed by atoms with Crippen LogP contribution in [0.25, 0.3) is 28.1 Å². The molecule has 16 nitrogen and oxygen atoms in total. The predicted molar refractivity (Wildman–Crippen MR) is 345 cm³/mol. The van der Waals surface area contributed by atoms with E-state index in [0.717, 1.165) is 127 Å². The van der Waals surface area contributed by atoms with Gasteiger partial charge in [-0.2, -0.15) is 0 Å². The molecular formula is C69H80FN13O3. The Kier molecular flexibility index (Phi) is 23.0. The maximum Gasteiger partial charge on any atom is 0.255 e. The Labute approximate surface area is 507 Å². The fourth-order valence-corrected chi connectivity index (χ4v) is 10.0. The summed E-state index contributed by atoms with van der Waals surface area (Å²) in [5, 5.41) is 6.10. The third-order valence-electron chi connectivity index (χ3n) is 15.2. The summed E-state index contributed by atoms with van der Waals surface area (Å²) < 4.78 is 15.2. The van der Waals surface area contributed by atoms with Crippen LogP contribution in [0.2, 0.25) is 0 Å². The van der Waals surface area contributed by atoms with Crippen LogP contribution in [-0.2, 0) is 25.9 Å². The molecule has 4 aromatic heterocycles. The molecule has 3 aliphatic rings. The summed E-state index contributed by atoms with van der Waals surface area (Å²) in [6, 6.07) is 35.3. The van der Waals surface area contributed by atoms with Gasteiger partial charge >= 0.3 is 0 Å². The quantitative estimate of drug-likeness (QED) is 0.0874. The summed E-state index contributed by atoms with van der Waals surface area (Å²) >= 11 is 0. The minimum Gasteiger partial charge on any atom is -0.322 e. The lowest BCUT2D eigenvalue weighted by Gasteiger charge is -2.32. The number of aliphatic imine (C=N–C) groups is 1. The van der Waals surface area contributed by atoms with Gasteiger partial charge in [-0.1, -0.05) is 51.2 Å². The number of pyridine rings is 2. The molecule has 0 unspecified atom stereocenters. The van der Waals surface area contributed by atoms with Gasteiger partial charge in [-0.15, -0.1) is 0 Å². The Balaban J connectivity index is 0.000000233. The summed E-state index contributed by atoms with van der Waals surface area (Å²) in [4.78, 5) is 78.9. The van der Waals surface area contributed by atoms with Gasteiger partial charge < -0.3 is 20.4 Å². The van der Waals surface area contributed by atoms with Crippen LogP contribution in [0.5, 0.6) is 0 Å². The average Bonchev–Trinajstić information content (AvgIpc) is 3.14. The number of anilines is 2. The summed E-state index contributed by atoms with van der Waals surface area (Å²) in [7, 11) is 6.07. The number of hydrogen-bond donors (Lipinski definition) is 2. The first-order valence-electron chi connectivity index (χ1n) is 29.3. The number of hydrogen-bond acceptors (Lipinski definition) is 14. The van der Waals surface area contributed by atoms with Gasteiger partial charge in [0.2, 0.25) is 0 Å². The van der Waals surface area contributed by atoms with Gasteiger partial charge in [-0.3, -0.25) is 43.5 Å². The van der Waals surface area contributed by atoms with Gasteiger partial charge in [-0.25, -0.2) is 19.9 Å². The van der Waals surface area contributed by atoms with E-state index in [4.69, 9.17) is 11.3 Å². The van der Waals surface area contributed by atoms with E-state index in [1.807, 2.05) is 117 Å². The van der Waals surface area contributed by atoms with E-state index in [2.05, 4.69) is 94.4 Å². The zero-order valence-electron chi connectivity index (χ0n) is 50.7. The molecule has 0 saturated carbocycles. The van der Waals surface area contributed by atoms with Crippen LogP contribution in [-0.4, -0.2) is 153 Å². The number of carbonyl (C=O) groups excluding carboxylic acids is 3. The SMILES string of the molecule is C.CC(=O)c1cncc(-c2ccnc(Cc3cc(NC(=O)c4ccc(CN5CCN(C)CC5)cc4)ccc3C)n2)c1.CF.Cc1ccc(NC(=O)c2ccc(CN3CCN(C)CC3)cc2)cc1Cc1nccc(-c2cncc(C3=CC=NC3)c2)n1.[2H]C. The van der Waals surface area contributed by atoms with Gasteiger partial charge in [0.25, 0.3) is 11.8 Å². The number of Topliss-reactive ketones (excluding diaryl/α,β-unsaturated/α-hetero) is 1. The zero-order valence-corrected chi connectivity index (χ0v) is 49.7. The van der Waals surface area contributed by atoms with Crippen molar-refractivity contribution in [2.75, 3.05) is 90.8 Å². The van der Waals surface area contributed by atoms with Crippen LogP contribution in [0.15, 0.2) is 157 Å². The third kappa shape index (κ3) is 17.8. The number of alkyl halides is 1. The minimum atomic E-state index is -0.142. The molecule has 17 heteroatoms. The van der Waals surface area contributed by atoms with Crippen molar-refractivity contribution in [1.29, 1.82) is 0 Å². The number of nitrogens with zero attached hydrogens (tertiary/aromatic N) is 11. The van der Waals surface area contributed by atoms with Gasteiger partial charge in [0.1, 0.15) is 11.6 Å². The molecule has 2 fully saturated rings. The molecule has 3 aliphatic heterocycles. The van der Waals surface area contributed by atoms with Crippen molar-refractivity contribution in [3.63, 3.8) is 0 Å². The van der Waals surface area contributed by atoms with Crippen LogP contribution in [0.1, 0.15) is 105 Å². The molecule has 446 valence electrons. The smallest absolute Gasteiger partial charge is 0.255 e. The van der Waals surface area contributed by atoms with Crippen LogP contribution in [0.3, 0.4) is 0 Å². The average molecular weight is 1160 g/mol. The summed E-state index contributed by atoms with van der Waals surface area (Å²) in [5.41, 5.74) is 15.5. The van der Waals surface area contributed by atoms with E-state index in [1.165, 1.54) is 25.5 Å². The Morgan fingerprint density at radius 3 is 1.43 bits per heavy atom. The molecule has 8 aromatic rings. The number of benzene rings is 4. The topological polar surface area (TPSA) is 178 Å². The van der Waals surface area contributed by atoms with E-state index in [1.54, 1.807) is 30.9 Å². The molecule has 2 saturated heterocycles. The number of carbonyl (C=O) groups is 3. The lowest BCUT2D eigenvalue weighted by Crippen LogP contribution is -2.43. The summed E-state index contributed by atoms with van der Waals surface area (Å²) in [6.07, 6.45) is 15.3. The van der Waals surface area contributed by atoms with Crippen molar-refractivity contribution in [3.8, 4) is 22.5 Å². The first kappa shape index (κ1) is 63.2. The summed E-state index contributed by atoms with van der Waals surface area (Å²) in [6.45, 7) is 16.7. The Hall–Kier alpha value is -8.87. The van der Waals surface area contributed by atoms with Crippen LogP contribution < -0.4 is 10.6 Å². The lowest BCUT2D eigenvalue weighted by atomic mass is 10.0. The highest BCUT2D eigenvalue weighted by Crippen LogP contribution is 2.26. The highest BCUT2D eigenvalue weighted by atomic mass is 19.1. The van der Waals surface area contributed by atoms with E-state index in [-0.39, 0.29) is 25.0 Å². The number of aryl methyl sites for hydroxylation is 2. The molecule has 0 radical (unpaired) electrons. The number of aromatic nitrogens is 6. The standard InChI is InChI=1S/C34H35N7O.C32H34N6O2.CH3F.2CH4/c1-24-3-8-31(38-34(42)26-6-4-25(5-7-26)23-41-15-13-40(2)14-16-41)18-28(24)19-33-37-12-10-32(39-33)30-17-29(21-36-22-30)27-9-11-35-20-27;1-22-4-9-29(35-32(40)25-7-5-24(6-8-25)21-38-14-12-37(3)13-15-38)17-26(22)18-31-34-11-10-30(36-31)28-16-27(23(2)39)19-33-20-28;1-2;;/h3-12,17-18,21-22H,13-16,19-20,23H2,1-2H3,(H,38,42);4-11,16-17,19-20H,12-15,18,21H2,1-3H3,(H,35,40);1H3;2*1H4/i;;;1D;. The Morgan fingerprint density at radius 2 is 0.988 bits per heavy atom. The van der Waals surface area contributed by atoms with E-state index < -0.39 is 0 Å². The van der Waals surface area contributed by atoms with E-state index in [9.17, 15) is 18.8 Å². The maximum atomic E-state index is 13.1. The van der Waals surface area contributed by atoms with Crippen molar-refractivity contribution >= 4 is 40.8 Å². The molecule has 7 heterocycles. The highest BCUT2D eigenvalue weighted by molar-refractivity contribution is 6.05. The third-order valence-corrected chi connectivity index (χ3v) is 15.2.